The number of rotatable bonds is 2. The van der Waals surface area contributed by atoms with E-state index < -0.39 is 0 Å². The molecule has 0 heterocycles. The third-order valence-corrected chi connectivity index (χ3v) is 2.41. The topological polar surface area (TPSA) is 51.0 Å². The van der Waals surface area contributed by atoms with Gasteiger partial charge >= 0.3 is 0 Å². The summed E-state index contributed by atoms with van der Waals surface area (Å²) in [5, 5.41) is 12.0. The molecule has 0 saturated carbocycles. The van der Waals surface area contributed by atoms with E-state index in [4.69, 9.17) is 14.7 Å². The molecule has 4 heteroatoms. The highest BCUT2D eigenvalue weighted by atomic mass is 16.5. The van der Waals surface area contributed by atoms with Crippen LogP contribution in [0.2, 0.25) is 0 Å². The van der Waals surface area contributed by atoms with Gasteiger partial charge in [-0.15, -0.1) is 0 Å². The van der Waals surface area contributed by atoms with E-state index in [1.54, 1.807) is 14.2 Å². The minimum Gasteiger partial charge on any atom is -0.496 e. The summed E-state index contributed by atoms with van der Waals surface area (Å²) in [4.78, 5) is 0. The van der Waals surface area contributed by atoms with Crippen LogP contribution < -0.4 is 4.74 Å². The average molecular weight is 193 g/mol. The first-order valence-corrected chi connectivity index (χ1v) is 4.25. The molecule has 1 unspecified atom stereocenters. The number of hydrogen-bond donors (Lipinski definition) is 1. The van der Waals surface area contributed by atoms with Crippen molar-refractivity contribution < 1.29 is 14.7 Å². The van der Waals surface area contributed by atoms with Crippen LogP contribution in [-0.4, -0.2) is 25.1 Å². The average Bonchev–Trinajstić information content (AvgIpc) is 2.20. The van der Waals surface area contributed by atoms with E-state index >= 15 is 0 Å². The van der Waals surface area contributed by atoms with Crippen LogP contribution in [0.15, 0.2) is 23.4 Å². The van der Waals surface area contributed by atoms with Crippen LogP contribution in [0.1, 0.15) is 17.2 Å². The van der Waals surface area contributed by atoms with Crippen molar-refractivity contribution in [2.75, 3.05) is 14.2 Å². The van der Waals surface area contributed by atoms with Crippen LogP contribution in [0, 0.1) is 0 Å². The summed E-state index contributed by atoms with van der Waals surface area (Å²) in [6, 6.07) is 5.65. The zero-order valence-electron chi connectivity index (χ0n) is 8.02. The second-order valence-electron chi connectivity index (χ2n) is 3.03. The van der Waals surface area contributed by atoms with Crippen molar-refractivity contribution in [3.63, 3.8) is 0 Å². The fourth-order valence-electron chi connectivity index (χ4n) is 1.75. The van der Waals surface area contributed by atoms with Gasteiger partial charge in [0, 0.05) is 7.11 Å². The Labute approximate surface area is 81.8 Å². The van der Waals surface area contributed by atoms with Gasteiger partial charge in [-0.3, -0.25) is 0 Å². The van der Waals surface area contributed by atoms with Crippen molar-refractivity contribution in [2.24, 2.45) is 5.16 Å². The molecular formula is C10H11NO3. The minimum absolute atomic E-state index is 0.231. The van der Waals surface area contributed by atoms with Crippen LogP contribution >= 0.6 is 0 Å². The van der Waals surface area contributed by atoms with Crippen molar-refractivity contribution in [1.29, 1.82) is 0 Å². The first-order valence-electron chi connectivity index (χ1n) is 4.25. The molecule has 0 amide bonds. The Morgan fingerprint density at radius 3 is 2.71 bits per heavy atom. The first kappa shape index (κ1) is 9.02. The van der Waals surface area contributed by atoms with Crippen molar-refractivity contribution in [2.45, 2.75) is 6.10 Å². The van der Waals surface area contributed by atoms with E-state index in [1.807, 2.05) is 18.2 Å². The second kappa shape index (κ2) is 3.31. The molecule has 1 aromatic carbocycles. The van der Waals surface area contributed by atoms with Crippen LogP contribution in [0.4, 0.5) is 0 Å². The Morgan fingerprint density at radius 2 is 2.14 bits per heavy atom. The predicted molar refractivity (Wildman–Crippen MR) is 51.1 cm³/mol. The molecule has 1 aliphatic carbocycles. The van der Waals surface area contributed by atoms with E-state index in [9.17, 15) is 0 Å². The van der Waals surface area contributed by atoms with Gasteiger partial charge in [0.1, 0.15) is 17.6 Å². The van der Waals surface area contributed by atoms with Gasteiger partial charge in [-0.2, -0.15) is 0 Å². The fourth-order valence-corrected chi connectivity index (χ4v) is 1.75. The molecule has 4 nitrogen and oxygen atoms in total. The number of methoxy groups -OCH3 is 2. The Balaban J connectivity index is 2.53. The molecule has 0 bridgehead atoms. The number of ether oxygens (including phenoxy) is 2. The fraction of sp³-hybridized carbons (Fsp3) is 0.300. The standard InChI is InChI=1S/C10H11NO3/c1-13-7-5-3-4-6-8(7)9(11-12)10(6)14-2/h3-5,10,12H,1-2H3/b11-9-. The van der Waals surface area contributed by atoms with Gasteiger partial charge in [0.15, 0.2) is 0 Å². The minimum atomic E-state index is -0.231. The maximum Gasteiger partial charge on any atom is 0.129 e. The predicted octanol–water partition coefficient (Wildman–Crippen LogP) is 1.57. The third-order valence-electron chi connectivity index (χ3n) is 2.41. The number of benzene rings is 1. The molecule has 1 N–H and O–H groups in total. The van der Waals surface area contributed by atoms with Crippen molar-refractivity contribution in [3.05, 3.63) is 29.3 Å². The van der Waals surface area contributed by atoms with E-state index in [1.165, 1.54) is 0 Å². The molecule has 0 radical (unpaired) electrons. The lowest BCUT2D eigenvalue weighted by molar-refractivity contribution is 0.144. The molecule has 0 fully saturated rings. The molecule has 0 aromatic heterocycles. The molecule has 14 heavy (non-hydrogen) atoms. The van der Waals surface area contributed by atoms with E-state index in [-0.39, 0.29) is 6.10 Å². The van der Waals surface area contributed by atoms with Crippen LogP contribution in [0.3, 0.4) is 0 Å². The van der Waals surface area contributed by atoms with Gasteiger partial charge in [0.2, 0.25) is 0 Å². The Morgan fingerprint density at radius 1 is 1.36 bits per heavy atom. The maximum absolute atomic E-state index is 8.81. The molecule has 2 rings (SSSR count). The quantitative estimate of drug-likeness (QED) is 0.573. The molecule has 1 aromatic rings. The van der Waals surface area contributed by atoms with Gasteiger partial charge in [0.05, 0.1) is 12.7 Å². The summed E-state index contributed by atoms with van der Waals surface area (Å²) in [6.07, 6.45) is -0.231. The Kier molecular flexibility index (Phi) is 2.13. The zero-order valence-corrected chi connectivity index (χ0v) is 8.02. The van der Waals surface area contributed by atoms with Crippen LogP contribution in [-0.2, 0) is 4.74 Å². The summed E-state index contributed by atoms with van der Waals surface area (Å²) >= 11 is 0. The highest BCUT2D eigenvalue weighted by Crippen LogP contribution is 2.41. The smallest absolute Gasteiger partial charge is 0.129 e. The number of oxime groups is 1. The van der Waals surface area contributed by atoms with Crippen LogP contribution in [0.5, 0.6) is 5.75 Å². The molecular weight excluding hydrogens is 182 g/mol. The molecule has 1 aliphatic rings. The summed E-state index contributed by atoms with van der Waals surface area (Å²) in [7, 11) is 3.17. The lowest BCUT2D eigenvalue weighted by atomic mass is 9.82. The van der Waals surface area contributed by atoms with Gasteiger partial charge in [-0.1, -0.05) is 17.3 Å². The lowest BCUT2D eigenvalue weighted by Crippen LogP contribution is -2.29. The van der Waals surface area contributed by atoms with Crippen molar-refractivity contribution in [3.8, 4) is 5.75 Å². The van der Waals surface area contributed by atoms with Crippen molar-refractivity contribution >= 4 is 5.71 Å². The molecule has 0 aliphatic heterocycles. The monoisotopic (exact) mass is 193 g/mol. The van der Waals surface area contributed by atoms with Gasteiger partial charge in [-0.25, -0.2) is 0 Å². The summed E-state index contributed by atoms with van der Waals surface area (Å²) in [5.41, 5.74) is 2.36. The van der Waals surface area contributed by atoms with Gasteiger partial charge in [-0.05, 0) is 11.6 Å². The summed E-state index contributed by atoms with van der Waals surface area (Å²) in [6.45, 7) is 0. The Hall–Kier alpha value is -1.55. The van der Waals surface area contributed by atoms with Gasteiger partial charge in [0.25, 0.3) is 0 Å². The van der Waals surface area contributed by atoms with Crippen molar-refractivity contribution in [1.82, 2.24) is 0 Å². The Bertz CT molecular complexity index is 387. The zero-order chi connectivity index (χ0) is 10.1. The normalized spacial score (nSPS) is 21.6. The molecule has 74 valence electrons. The largest absolute Gasteiger partial charge is 0.496 e. The van der Waals surface area contributed by atoms with E-state index in [2.05, 4.69) is 5.16 Å². The first-order chi connectivity index (χ1) is 6.83. The number of hydrogen-bond acceptors (Lipinski definition) is 4. The van der Waals surface area contributed by atoms with E-state index in [0.29, 0.717) is 11.5 Å². The molecule has 0 saturated heterocycles. The lowest BCUT2D eigenvalue weighted by Gasteiger charge is -2.30. The van der Waals surface area contributed by atoms with E-state index in [0.717, 1.165) is 11.1 Å². The second-order valence-corrected chi connectivity index (χ2v) is 3.03. The number of fused-ring (bicyclic) bond motifs is 1. The van der Waals surface area contributed by atoms with Gasteiger partial charge < -0.3 is 14.7 Å². The maximum atomic E-state index is 8.81. The number of nitrogens with zero attached hydrogens (tertiary/aromatic N) is 1. The third kappa shape index (κ3) is 1.01. The van der Waals surface area contributed by atoms with Crippen LogP contribution in [0.25, 0.3) is 0 Å². The molecule has 0 spiro atoms. The highest BCUT2D eigenvalue weighted by molar-refractivity contribution is 6.14. The molecule has 1 atom stereocenters. The summed E-state index contributed by atoms with van der Waals surface area (Å²) in [5.74, 6) is 0.712. The summed E-state index contributed by atoms with van der Waals surface area (Å²) < 4.78 is 10.3. The highest BCUT2D eigenvalue weighted by Gasteiger charge is 2.37. The SMILES string of the molecule is COc1cccc2c1/C(=N/O)C2OC.